The minimum atomic E-state index is 0.529. The van der Waals surface area contributed by atoms with Gasteiger partial charge in [0.05, 0.1) is 24.7 Å². The quantitative estimate of drug-likeness (QED) is 0.481. The number of benzene rings is 1. The van der Waals surface area contributed by atoms with E-state index in [4.69, 9.17) is 9.72 Å². The average molecular weight is 408 g/mol. The van der Waals surface area contributed by atoms with Gasteiger partial charge in [-0.2, -0.15) is 0 Å². The lowest BCUT2D eigenvalue weighted by molar-refractivity contribution is 0.221. The number of rotatable bonds is 8. The minimum Gasteiger partial charge on any atom is -0.497 e. The Balaban J connectivity index is 1.45. The third kappa shape index (κ3) is 4.59. The number of hydrogen-bond donors (Lipinski definition) is 3. The van der Waals surface area contributed by atoms with Crippen LogP contribution in [0.3, 0.4) is 0 Å². The van der Waals surface area contributed by atoms with E-state index in [1.54, 1.807) is 13.3 Å². The summed E-state index contributed by atoms with van der Waals surface area (Å²) in [4.78, 5) is 15.8. The summed E-state index contributed by atoms with van der Waals surface area (Å²) < 4.78 is 5.34. The van der Waals surface area contributed by atoms with Gasteiger partial charge in [0.2, 0.25) is 0 Å². The van der Waals surface area contributed by atoms with Crippen LogP contribution in [0.5, 0.6) is 5.75 Å². The number of allylic oxidation sites excluding steroid dienone is 1. The number of H-pyrrole nitrogens is 2. The Kier molecular flexibility index (Phi) is 6.23. The number of aromatic amines is 2. The zero-order valence-corrected chi connectivity index (χ0v) is 18.4. The lowest BCUT2D eigenvalue weighted by Crippen LogP contribution is -2.34. The molecule has 1 aliphatic rings. The van der Waals surface area contributed by atoms with Gasteiger partial charge in [0.25, 0.3) is 0 Å². The lowest BCUT2D eigenvalue weighted by Gasteiger charge is -2.37. The number of nitrogens with one attached hydrogen (secondary N) is 3. The van der Waals surface area contributed by atoms with E-state index in [9.17, 15) is 0 Å². The van der Waals surface area contributed by atoms with Crippen LogP contribution in [-0.4, -0.2) is 33.6 Å². The summed E-state index contributed by atoms with van der Waals surface area (Å²) in [7, 11) is 1.70. The SMILES string of the molecule is COc1ccc2nc(C[C@@H]3C[C@@H](C(C)C)[C@H](CNCc4ncc[nH]4)C=C3C)[nH]c2c1. The van der Waals surface area contributed by atoms with Crippen molar-refractivity contribution in [3.05, 3.63) is 53.9 Å². The van der Waals surface area contributed by atoms with Gasteiger partial charge in [-0.3, -0.25) is 0 Å². The van der Waals surface area contributed by atoms with Crippen LogP contribution in [0.4, 0.5) is 0 Å². The Morgan fingerprint density at radius 2 is 2.13 bits per heavy atom. The van der Waals surface area contributed by atoms with Gasteiger partial charge < -0.3 is 20.0 Å². The third-order valence-electron chi connectivity index (χ3n) is 6.49. The zero-order chi connectivity index (χ0) is 21.1. The first-order valence-corrected chi connectivity index (χ1v) is 10.9. The van der Waals surface area contributed by atoms with Gasteiger partial charge >= 0.3 is 0 Å². The van der Waals surface area contributed by atoms with Crippen LogP contribution in [0.1, 0.15) is 38.8 Å². The lowest BCUT2D eigenvalue weighted by atomic mass is 9.70. The third-order valence-corrected chi connectivity index (χ3v) is 6.49. The molecule has 30 heavy (non-hydrogen) atoms. The van der Waals surface area contributed by atoms with Crippen molar-refractivity contribution < 1.29 is 4.74 Å². The number of ether oxygens (including phenoxy) is 1. The van der Waals surface area contributed by atoms with Crippen LogP contribution in [0.25, 0.3) is 11.0 Å². The fourth-order valence-corrected chi connectivity index (χ4v) is 4.76. The zero-order valence-electron chi connectivity index (χ0n) is 18.4. The molecule has 0 saturated carbocycles. The molecule has 3 N–H and O–H groups in total. The molecule has 1 aromatic carbocycles. The van der Waals surface area contributed by atoms with Crippen molar-refractivity contribution in [3.8, 4) is 5.75 Å². The highest BCUT2D eigenvalue weighted by molar-refractivity contribution is 5.76. The van der Waals surface area contributed by atoms with E-state index in [0.29, 0.717) is 23.7 Å². The second kappa shape index (κ2) is 9.04. The Morgan fingerprint density at radius 1 is 1.27 bits per heavy atom. The molecule has 2 heterocycles. The van der Waals surface area contributed by atoms with E-state index in [-0.39, 0.29) is 0 Å². The molecule has 3 atom stereocenters. The van der Waals surface area contributed by atoms with Gasteiger partial charge in [-0.25, -0.2) is 9.97 Å². The van der Waals surface area contributed by atoms with Crippen LogP contribution in [-0.2, 0) is 13.0 Å². The predicted molar refractivity (Wildman–Crippen MR) is 120 cm³/mol. The Labute approximate surface area is 178 Å². The molecule has 0 amide bonds. The second-order valence-corrected chi connectivity index (χ2v) is 8.85. The summed E-state index contributed by atoms with van der Waals surface area (Å²) in [5.41, 5.74) is 3.53. The summed E-state index contributed by atoms with van der Waals surface area (Å²) >= 11 is 0. The maximum Gasteiger partial charge on any atom is 0.121 e. The van der Waals surface area contributed by atoms with Crippen molar-refractivity contribution in [3.63, 3.8) is 0 Å². The van der Waals surface area contributed by atoms with E-state index in [0.717, 1.165) is 47.9 Å². The Morgan fingerprint density at radius 3 is 2.87 bits per heavy atom. The summed E-state index contributed by atoms with van der Waals surface area (Å²) in [6, 6.07) is 6.01. The molecule has 0 aliphatic heterocycles. The smallest absolute Gasteiger partial charge is 0.121 e. The average Bonchev–Trinajstić information content (AvgIpc) is 3.38. The van der Waals surface area contributed by atoms with Crippen molar-refractivity contribution in [2.45, 2.75) is 40.2 Å². The molecule has 6 heteroatoms. The van der Waals surface area contributed by atoms with Crippen molar-refractivity contribution in [1.29, 1.82) is 0 Å². The van der Waals surface area contributed by atoms with E-state index < -0.39 is 0 Å². The largest absolute Gasteiger partial charge is 0.497 e. The van der Waals surface area contributed by atoms with Crippen molar-refractivity contribution >= 4 is 11.0 Å². The first kappa shape index (κ1) is 20.7. The fraction of sp³-hybridized carbons (Fsp3) is 0.500. The predicted octanol–water partition coefficient (Wildman–Crippen LogP) is 4.48. The molecule has 0 unspecified atom stereocenters. The van der Waals surface area contributed by atoms with E-state index in [2.05, 4.69) is 47.1 Å². The molecule has 4 rings (SSSR count). The van der Waals surface area contributed by atoms with Gasteiger partial charge in [0.1, 0.15) is 17.4 Å². The Hall–Kier alpha value is -2.60. The second-order valence-electron chi connectivity index (χ2n) is 8.85. The van der Waals surface area contributed by atoms with Crippen LogP contribution in [0, 0.1) is 23.7 Å². The van der Waals surface area contributed by atoms with Crippen molar-refractivity contribution in [2.24, 2.45) is 23.7 Å². The van der Waals surface area contributed by atoms with Crippen LogP contribution >= 0.6 is 0 Å². The topological polar surface area (TPSA) is 78.6 Å². The highest BCUT2D eigenvalue weighted by atomic mass is 16.5. The van der Waals surface area contributed by atoms with Crippen LogP contribution in [0.2, 0.25) is 0 Å². The number of aromatic nitrogens is 4. The van der Waals surface area contributed by atoms with Gasteiger partial charge in [-0.1, -0.05) is 25.5 Å². The first-order chi connectivity index (χ1) is 14.5. The number of nitrogens with zero attached hydrogens (tertiary/aromatic N) is 2. The Bertz CT molecular complexity index is 988. The molecule has 0 radical (unpaired) electrons. The molecule has 0 saturated heterocycles. The monoisotopic (exact) mass is 407 g/mol. The van der Waals surface area contributed by atoms with E-state index in [1.165, 1.54) is 12.0 Å². The summed E-state index contributed by atoms with van der Waals surface area (Å²) in [6.07, 6.45) is 8.33. The first-order valence-electron chi connectivity index (χ1n) is 10.9. The normalized spacial score (nSPS) is 21.9. The molecule has 0 fully saturated rings. The highest BCUT2D eigenvalue weighted by Gasteiger charge is 2.31. The van der Waals surface area contributed by atoms with Crippen molar-refractivity contribution in [1.82, 2.24) is 25.3 Å². The number of fused-ring (bicyclic) bond motifs is 1. The molecule has 6 nitrogen and oxygen atoms in total. The standard InChI is InChI=1S/C24H33N5O/c1-15(2)20-10-17(11-23-28-21-6-5-19(30-4)12-22(21)29-23)16(3)9-18(20)13-25-14-24-26-7-8-27-24/h5-9,12,15,17-18,20,25H,10-11,13-14H2,1-4H3,(H,26,27)(H,28,29)/t17-,18-,20-/m0/s1. The van der Waals surface area contributed by atoms with Gasteiger partial charge in [0.15, 0.2) is 0 Å². The highest BCUT2D eigenvalue weighted by Crippen LogP contribution is 2.38. The maximum atomic E-state index is 5.34. The minimum absolute atomic E-state index is 0.529. The summed E-state index contributed by atoms with van der Waals surface area (Å²) in [6.45, 7) is 8.75. The number of hydrogen-bond acceptors (Lipinski definition) is 4. The molecule has 0 bridgehead atoms. The molecular weight excluding hydrogens is 374 g/mol. The summed E-state index contributed by atoms with van der Waals surface area (Å²) in [5, 5.41) is 3.59. The van der Waals surface area contributed by atoms with Gasteiger partial charge in [-0.05, 0) is 49.1 Å². The summed E-state index contributed by atoms with van der Waals surface area (Å²) in [5.74, 6) is 5.30. The molecule has 2 aromatic heterocycles. The van der Waals surface area contributed by atoms with Crippen LogP contribution in [0.15, 0.2) is 42.2 Å². The fourth-order valence-electron chi connectivity index (χ4n) is 4.76. The maximum absolute atomic E-state index is 5.34. The van der Waals surface area contributed by atoms with E-state index >= 15 is 0 Å². The number of imidazole rings is 2. The van der Waals surface area contributed by atoms with Crippen molar-refractivity contribution in [2.75, 3.05) is 13.7 Å². The van der Waals surface area contributed by atoms with E-state index in [1.807, 2.05) is 24.4 Å². The molecule has 3 aromatic rings. The molecule has 0 spiro atoms. The molecule has 160 valence electrons. The van der Waals surface area contributed by atoms with Gasteiger partial charge in [-0.15, -0.1) is 0 Å². The van der Waals surface area contributed by atoms with Crippen LogP contribution < -0.4 is 10.1 Å². The molecular formula is C24H33N5O. The molecule has 1 aliphatic carbocycles. The van der Waals surface area contributed by atoms with Gasteiger partial charge in [0, 0.05) is 31.4 Å². The number of methoxy groups -OCH3 is 1.